The van der Waals surface area contributed by atoms with Gasteiger partial charge in [0.1, 0.15) is 11.3 Å². The van der Waals surface area contributed by atoms with Crippen LogP contribution >= 0.6 is 0 Å². The van der Waals surface area contributed by atoms with Crippen molar-refractivity contribution in [1.82, 2.24) is 10.3 Å². The molecule has 5 heteroatoms. The molecule has 0 radical (unpaired) electrons. The zero-order chi connectivity index (χ0) is 18.6. The minimum atomic E-state index is -0.606. The highest BCUT2D eigenvalue weighted by atomic mass is 16.6. The molecule has 0 saturated heterocycles. The molecule has 0 aliphatic heterocycles. The Morgan fingerprint density at radius 3 is 2.32 bits per heavy atom. The van der Waals surface area contributed by atoms with Gasteiger partial charge in [0.25, 0.3) is 5.91 Å². The molecule has 2 aromatic rings. The third-order valence-electron chi connectivity index (χ3n) is 3.48. The van der Waals surface area contributed by atoms with E-state index in [0.29, 0.717) is 17.7 Å². The van der Waals surface area contributed by atoms with Gasteiger partial charge in [0.05, 0.1) is 5.56 Å². The lowest BCUT2D eigenvalue weighted by atomic mass is 10.1. The molecule has 0 atom stereocenters. The first-order valence-electron chi connectivity index (χ1n) is 8.20. The van der Waals surface area contributed by atoms with Gasteiger partial charge in [-0.3, -0.25) is 4.79 Å². The molecule has 1 heterocycles. The first-order valence-corrected chi connectivity index (χ1v) is 8.20. The van der Waals surface area contributed by atoms with Crippen molar-refractivity contribution in [3.05, 3.63) is 64.5 Å². The second-order valence-corrected chi connectivity index (χ2v) is 6.98. The Bertz CT molecular complexity index is 775. The lowest BCUT2D eigenvalue weighted by Crippen LogP contribution is -2.25. The molecule has 1 N–H and O–H groups in total. The molecule has 1 amide bonds. The Kier molecular flexibility index (Phi) is 5.57. The van der Waals surface area contributed by atoms with Crippen LogP contribution in [0.15, 0.2) is 36.4 Å². The molecule has 0 unspecified atom stereocenters. The third kappa shape index (κ3) is 5.41. The number of esters is 1. The van der Waals surface area contributed by atoms with Gasteiger partial charge < -0.3 is 10.1 Å². The minimum Gasteiger partial charge on any atom is -0.456 e. The monoisotopic (exact) mass is 340 g/mol. The van der Waals surface area contributed by atoms with Gasteiger partial charge in [0, 0.05) is 19.2 Å². The number of hydrogen-bond acceptors (Lipinski definition) is 4. The highest BCUT2D eigenvalue weighted by Crippen LogP contribution is 2.16. The van der Waals surface area contributed by atoms with Gasteiger partial charge >= 0.3 is 5.97 Å². The van der Waals surface area contributed by atoms with Crippen LogP contribution < -0.4 is 5.32 Å². The van der Waals surface area contributed by atoms with E-state index in [1.807, 2.05) is 31.2 Å². The lowest BCUT2D eigenvalue weighted by molar-refractivity contribution is 0.00692. The summed E-state index contributed by atoms with van der Waals surface area (Å²) in [6, 6.07) is 11.2. The van der Waals surface area contributed by atoms with E-state index >= 15 is 0 Å². The van der Waals surface area contributed by atoms with Crippen molar-refractivity contribution in [2.45, 2.75) is 39.7 Å². The lowest BCUT2D eigenvalue weighted by Gasteiger charge is -2.20. The molecular formula is C20H24N2O3. The predicted molar refractivity (Wildman–Crippen MR) is 96.8 cm³/mol. The number of rotatable bonds is 4. The van der Waals surface area contributed by atoms with Gasteiger partial charge in [-0.2, -0.15) is 0 Å². The fraction of sp³-hybridized carbons (Fsp3) is 0.350. The third-order valence-corrected chi connectivity index (χ3v) is 3.48. The molecule has 0 fully saturated rings. The highest BCUT2D eigenvalue weighted by molar-refractivity contribution is 5.96. The zero-order valence-corrected chi connectivity index (χ0v) is 15.3. The summed E-state index contributed by atoms with van der Waals surface area (Å²) < 4.78 is 5.41. The first kappa shape index (κ1) is 18.6. The molecule has 25 heavy (non-hydrogen) atoms. The Labute approximate surface area is 148 Å². The fourth-order valence-corrected chi connectivity index (χ4v) is 2.29. The van der Waals surface area contributed by atoms with Crippen molar-refractivity contribution >= 4 is 11.9 Å². The molecule has 1 aromatic heterocycles. The quantitative estimate of drug-likeness (QED) is 0.867. The number of hydrogen-bond donors (Lipinski definition) is 1. The Morgan fingerprint density at radius 1 is 1.12 bits per heavy atom. The second kappa shape index (κ2) is 7.47. The summed E-state index contributed by atoms with van der Waals surface area (Å²) in [4.78, 5) is 28.8. The number of pyridine rings is 1. The fourth-order valence-electron chi connectivity index (χ4n) is 2.29. The van der Waals surface area contributed by atoms with Gasteiger partial charge in [0.2, 0.25) is 0 Å². The number of nitrogens with one attached hydrogen (secondary N) is 1. The smallest absolute Gasteiger partial charge is 0.338 e. The summed E-state index contributed by atoms with van der Waals surface area (Å²) in [7, 11) is 1.53. The molecule has 0 aliphatic rings. The van der Waals surface area contributed by atoms with Crippen LogP contribution in [0.2, 0.25) is 0 Å². The molecule has 1 aromatic carbocycles. The molecule has 0 aliphatic carbocycles. The summed E-state index contributed by atoms with van der Waals surface area (Å²) in [6.07, 6.45) is 0.529. The van der Waals surface area contributed by atoms with Crippen molar-refractivity contribution in [1.29, 1.82) is 0 Å². The standard InChI is InChI=1S/C20H24N2O3/c1-13-6-8-14(9-7-13)10-16-11-15(19(24)25-20(2,3)4)12-17(22-16)18(23)21-5/h6-9,11-12H,10H2,1-5H3,(H,21,23). The van der Waals surface area contributed by atoms with Crippen molar-refractivity contribution in [3.63, 3.8) is 0 Å². The van der Waals surface area contributed by atoms with Gasteiger partial charge in [-0.1, -0.05) is 29.8 Å². The summed E-state index contributed by atoms with van der Waals surface area (Å²) in [5.41, 5.74) is 2.79. The van der Waals surface area contributed by atoms with Gasteiger partial charge in [-0.25, -0.2) is 9.78 Å². The van der Waals surface area contributed by atoms with E-state index in [1.165, 1.54) is 18.7 Å². The maximum atomic E-state index is 12.4. The highest BCUT2D eigenvalue weighted by Gasteiger charge is 2.20. The number of aromatic nitrogens is 1. The molecule has 132 valence electrons. The summed E-state index contributed by atoms with van der Waals surface area (Å²) in [5, 5.41) is 2.54. The number of benzene rings is 1. The van der Waals surface area contributed by atoms with Crippen LogP contribution in [-0.2, 0) is 11.2 Å². The Balaban J connectivity index is 2.38. The van der Waals surface area contributed by atoms with Crippen LogP contribution in [-0.4, -0.2) is 29.5 Å². The van der Waals surface area contributed by atoms with Gasteiger partial charge in [-0.05, 0) is 45.4 Å². The van der Waals surface area contributed by atoms with Crippen molar-refractivity contribution in [3.8, 4) is 0 Å². The predicted octanol–water partition coefficient (Wildman–Crippen LogP) is 3.30. The maximum absolute atomic E-state index is 12.4. The SMILES string of the molecule is CNC(=O)c1cc(C(=O)OC(C)(C)C)cc(Cc2ccc(C)cc2)n1. The van der Waals surface area contributed by atoms with E-state index in [2.05, 4.69) is 10.3 Å². The van der Waals surface area contributed by atoms with Gasteiger partial charge in [-0.15, -0.1) is 0 Å². The van der Waals surface area contributed by atoms with E-state index in [0.717, 1.165) is 5.56 Å². The zero-order valence-electron chi connectivity index (χ0n) is 15.3. The summed E-state index contributed by atoms with van der Waals surface area (Å²) in [6.45, 7) is 7.44. The van der Waals surface area contributed by atoms with Gasteiger partial charge in [0.15, 0.2) is 0 Å². The van der Waals surface area contributed by atoms with Crippen molar-refractivity contribution in [2.24, 2.45) is 0 Å². The van der Waals surface area contributed by atoms with E-state index in [-0.39, 0.29) is 11.6 Å². The number of aryl methyl sites for hydroxylation is 1. The van der Waals surface area contributed by atoms with Crippen LogP contribution in [0, 0.1) is 6.92 Å². The molecule has 0 saturated carbocycles. The van der Waals surface area contributed by atoms with Crippen molar-refractivity contribution < 1.29 is 14.3 Å². The van der Waals surface area contributed by atoms with Crippen LogP contribution in [0.1, 0.15) is 58.4 Å². The van der Waals surface area contributed by atoms with Crippen LogP contribution in [0.4, 0.5) is 0 Å². The maximum Gasteiger partial charge on any atom is 0.338 e. The molecular weight excluding hydrogens is 316 g/mol. The van der Waals surface area contributed by atoms with E-state index in [9.17, 15) is 9.59 Å². The Hall–Kier alpha value is -2.69. The Morgan fingerprint density at radius 2 is 1.76 bits per heavy atom. The molecule has 2 rings (SSSR count). The number of carbonyl (C=O) groups is 2. The number of carbonyl (C=O) groups excluding carboxylic acids is 2. The molecule has 0 bridgehead atoms. The topological polar surface area (TPSA) is 68.3 Å². The van der Waals surface area contributed by atoms with E-state index in [4.69, 9.17) is 4.74 Å². The average Bonchev–Trinajstić information content (AvgIpc) is 2.54. The first-order chi connectivity index (χ1) is 11.7. The van der Waals surface area contributed by atoms with Crippen LogP contribution in [0.25, 0.3) is 0 Å². The largest absolute Gasteiger partial charge is 0.456 e. The number of ether oxygens (including phenoxy) is 1. The summed E-state index contributed by atoms with van der Waals surface area (Å²) >= 11 is 0. The van der Waals surface area contributed by atoms with E-state index < -0.39 is 11.6 Å². The number of nitrogens with zero attached hydrogens (tertiary/aromatic N) is 1. The van der Waals surface area contributed by atoms with E-state index in [1.54, 1.807) is 26.8 Å². The molecule has 5 nitrogen and oxygen atoms in total. The van der Waals surface area contributed by atoms with Crippen LogP contribution in [0.5, 0.6) is 0 Å². The minimum absolute atomic E-state index is 0.202. The van der Waals surface area contributed by atoms with Crippen LogP contribution in [0.3, 0.4) is 0 Å². The van der Waals surface area contributed by atoms with Crippen molar-refractivity contribution in [2.75, 3.05) is 7.05 Å². The number of amides is 1. The normalized spacial score (nSPS) is 11.1. The average molecular weight is 340 g/mol. The molecule has 0 spiro atoms. The second-order valence-electron chi connectivity index (χ2n) is 6.98. The summed E-state index contributed by atoms with van der Waals surface area (Å²) in [5.74, 6) is -0.805.